The number of carbonyl (C=O) groups is 1. The average Bonchev–Trinajstić information content (AvgIpc) is 3.04. The summed E-state index contributed by atoms with van der Waals surface area (Å²) in [6.45, 7) is 1.80. The molecule has 0 bridgehead atoms. The molecule has 0 radical (unpaired) electrons. The van der Waals surface area contributed by atoms with E-state index in [9.17, 15) is 4.79 Å². The van der Waals surface area contributed by atoms with Crippen molar-refractivity contribution in [2.75, 3.05) is 7.11 Å². The van der Waals surface area contributed by atoms with Crippen molar-refractivity contribution in [2.24, 2.45) is 0 Å². The topological polar surface area (TPSA) is 75.2 Å². The first-order chi connectivity index (χ1) is 12.3. The Morgan fingerprint density at radius 2 is 1.73 bits per heavy atom. The van der Waals surface area contributed by atoms with E-state index in [0.717, 1.165) is 25.7 Å². The summed E-state index contributed by atoms with van der Waals surface area (Å²) in [5.41, 5.74) is 0. The summed E-state index contributed by atoms with van der Waals surface area (Å²) in [7, 11) is 1.47. The molecule has 0 aromatic rings. The first-order valence-corrected chi connectivity index (χ1v) is 9.96. The van der Waals surface area contributed by atoms with Crippen LogP contribution >= 0.6 is 34.8 Å². The molecule has 7 nitrogen and oxygen atoms in total. The normalized spacial score (nSPS) is 38.7. The zero-order chi connectivity index (χ0) is 18.9. The standard InChI is InChI=1S/C16H24Cl3NO6/c1-8-10-11(25-14(24-10)16(17,18)19)12(13(22-2)23-8)26-15(21)20-9-6-4-3-5-7-9/h8-14H,3-7H2,1-2H3,(H,20,21)/t8-,10-,11-,12+,13+,14?/m0/s1. The Bertz CT molecular complexity index is 499. The van der Waals surface area contributed by atoms with Gasteiger partial charge in [0, 0.05) is 13.2 Å². The van der Waals surface area contributed by atoms with E-state index in [2.05, 4.69) is 5.32 Å². The molecule has 10 heteroatoms. The number of fused-ring (bicyclic) bond motifs is 1. The Balaban J connectivity index is 1.67. The average molecular weight is 433 g/mol. The number of alkyl carbamates (subject to hydrolysis) is 1. The molecule has 0 aromatic carbocycles. The molecule has 3 rings (SSSR count). The number of hydrogen-bond donors (Lipinski definition) is 1. The van der Waals surface area contributed by atoms with Gasteiger partial charge in [-0.1, -0.05) is 54.1 Å². The number of ether oxygens (including phenoxy) is 5. The van der Waals surface area contributed by atoms with Crippen molar-refractivity contribution in [1.29, 1.82) is 0 Å². The number of hydrogen-bond acceptors (Lipinski definition) is 6. The summed E-state index contributed by atoms with van der Waals surface area (Å²) in [4.78, 5) is 12.4. The molecule has 1 N–H and O–H groups in total. The van der Waals surface area contributed by atoms with Gasteiger partial charge in [0.1, 0.15) is 12.2 Å². The van der Waals surface area contributed by atoms with Crippen LogP contribution < -0.4 is 5.32 Å². The molecule has 0 aromatic heterocycles. The Kier molecular flexibility index (Phi) is 6.81. The van der Waals surface area contributed by atoms with Crippen LogP contribution in [0.3, 0.4) is 0 Å². The molecular formula is C16H24Cl3NO6. The van der Waals surface area contributed by atoms with Crippen molar-refractivity contribution >= 4 is 40.9 Å². The molecule has 26 heavy (non-hydrogen) atoms. The summed E-state index contributed by atoms with van der Waals surface area (Å²) in [6, 6.07) is 0.117. The summed E-state index contributed by atoms with van der Waals surface area (Å²) in [5, 5.41) is 2.90. The van der Waals surface area contributed by atoms with Gasteiger partial charge in [0.05, 0.1) is 6.10 Å². The number of methoxy groups -OCH3 is 1. The minimum atomic E-state index is -1.77. The fourth-order valence-electron chi connectivity index (χ4n) is 3.67. The Morgan fingerprint density at radius 3 is 2.35 bits per heavy atom. The number of rotatable bonds is 3. The van der Waals surface area contributed by atoms with Gasteiger partial charge in [-0.05, 0) is 19.8 Å². The Hall–Kier alpha value is -0.0200. The van der Waals surface area contributed by atoms with Gasteiger partial charge in [-0.15, -0.1) is 0 Å². The molecule has 6 atom stereocenters. The number of alkyl halides is 3. The number of carbonyl (C=O) groups excluding carboxylic acids is 1. The molecule has 1 unspecified atom stereocenters. The zero-order valence-corrected chi connectivity index (χ0v) is 16.9. The Morgan fingerprint density at radius 1 is 1.08 bits per heavy atom. The second kappa shape index (κ2) is 8.55. The molecule has 2 heterocycles. The van der Waals surface area contributed by atoms with Gasteiger partial charge in [0.2, 0.25) is 10.1 Å². The zero-order valence-electron chi connectivity index (χ0n) is 14.7. The van der Waals surface area contributed by atoms with Crippen LogP contribution in [0.15, 0.2) is 0 Å². The lowest BCUT2D eigenvalue weighted by molar-refractivity contribution is -0.264. The molecule has 1 amide bonds. The highest BCUT2D eigenvalue weighted by atomic mass is 35.6. The quantitative estimate of drug-likeness (QED) is 0.690. The van der Waals surface area contributed by atoms with Crippen molar-refractivity contribution in [3.05, 3.63) is 0 Å². The van der Waals surface area contributed by atoms with Gasteiger partial charge in [0.25, 0.3) is 0 Å². The van der Waals surface area contributed by atoms with Gasteiger partial charge >= 0.3 is 6.09 Å². The molecule has 2 saturated heterocycles. The second-order valence-electron chi connectivity index (χ2n) is 6.87. The molecule has 1 saturated carbocycles. The predicted molar refractivity (Wildman–Crippen MR) is 95.4 cm³/mol. The van der Waals surface area contributed by atoms with Crippen molar-refractivity contribution < 1.29 is 28.5 Å². The smallest absolute Gasteiger partial charge is 0.407 e. The van der Waals surface area contributed by atoms with Crippen molar-refractivity contribution in [3.8, 4) is 0 Å². The highest BCUT2D eigenvalue weighted by molar-refractivity contribution is 6.67. The van der Waals surface area contributed by atoms with Crippen molar-refractivity contribution in [1.82, 2.24) is 5.32 Å². The van der Waals surface area contributed by atoms with Gasteiger partial charge < -0.3 is 29.0 Å². The second-order valence-corrected chi connectivity index (χ2v) is 9.24. The SMILES string of the molecule is CO[C@@H]1O[C@@H](C)[C@@H]2OC(C(Cl)(Cl)Cl)O[C@@H]2[C@H]1OC(=O)NC1CCCCC1. The van der Waals surface area contributed by atoms with E-state index in [-0.39, 0.29) is 12.1 Å². The number of amides is 1. The van der Waals surface area contributed by atoms with E-state index in [1.807, 2.05) is 0 Å². The maximum Gasteiger partial charge on any atom is 0.407 e. The fourth-order valence-corrected chi connectivity index (χ4v) is 3.98. The third-order valence-electron chi connectivity index (χ3n) is 4.96. The van der Waals surface area contributed by atoms with E-state index in [4.69, 9.17) is 58.5 Å². The Labute approximate surface area is 167 Å². The molecule has 3 fully saturated rings. The van der Waals surface area contributed by atoms with E-state index in [1.54, 1.807) is 6.92 Å². The highest BCUT2D eigenvalue weighted by Crippen LogP contribution is 2.42. The molecular weight excluding hydrogens is 409 g/mol. The third-order valence-corrected chi connectivity index (χ3v) is 5.49. The molecule has 2 aliphatic heterocycles. The van der Waals surface area contributed by atoms with Gasteiger partial charge in [-0.25, -0.2) is 4.79 Å². The lowest BCUT2D eigenvalue weighted by atomic mass is 9.96. The summed E-state index contributed by atoms with van der Waals surface area (Å²) < 4.78 is 26.3. The largest absolute Gasteiger partial charge is 0.438 e. The minimum Gasteiger partial charge on any atom is -0.438 e. The molecule has 3 aliphatic rings. The van der Waals surface area contributed by atoms with Crippen molar-refractivity contribution in [3.63, 3.8) is 0 Å². The van der Waals surface area contributed by atoms with E-state index < -0.39 is 40.8 Å². The van der Waals surface area contributed by atoms with Crippen LogP contribution in [0, 0.1) is 0 Å². The predicted octanol–water partition coefficient (Wildman–Crippen LogP) is 3.29. The van der Waals surface area contributed by atoms with Crippen molar-refractivity contribution in [2.45, 2.75) is 85.9 Å². The van der Waals surface area contributed by atoms with Crippen LogP contribution in [0.1, 0.15) is 39.0 Å². The maximum absolute atomic E-state index is 12.4. The van der Waals surface area contributed by atoms with E-state index >= 15 is 0 Å². The third kappa shape index (κ3) is 4.69. The highest BCUT2D eigenvalue weighted by Gasteiger charge is 2.57. The van der Waals surface area contributed by atoms with Crippen LogP contribution in [-0.4, -0.2) is 60.0 Å². The lowest BCUT2D eigenvalue weighted by Crippen LogP contribution is -2.58. The molecule has 0 spiro atoms. The fraction of sp³-hybridized carbons (Fsp3) is 0.938. The van der Waals surface area contributed by atoms with Crippen LogP contribution in [0.25, 0.3) is 0 Å². The van der Waals surface area contributed by atoms with E-state index in [0.29, 0.717) is 0 Å². The minimum absolute atomic E-state index is 0.117. The number of nitrogens with one attached hydrogen (secondary N) is 1. The van der Waals surface area contributed by atoms with Crippen LogP contribution in [0.5, 0.6) is 0 Å². The first-order valence-electron chi connectivity index (χ1n) is 8.82. The first kappa shape index (κ1) is 20.7. The molecule has 150 valence electrons. The summed E-state index contributed by atoms with van der Waals surface area (Å²) in [6.07, 6.45) is 0.413. The van der Waals surface area contributed by atoms with Crippen LogP contribution in [0.2, 0.25) is 0 Å². The van der Waals surface area contributed by atoms with Gasteiger partial charge in [-0.3, -0.25) is 0 Å². The van der Waals surface area contributed by atoms with Crippen LogP contribution in [-0.2, 0) is 23.7 Å². The van der Waals surface area contributed by atoms with Gasteiger partial charge in [0.15, 0.2) is 12.4 Å². The number of halogens is 3. The summed E-state index contributed by atoms with van der Waals surface area (Å²) >= 11 is 17.7. The van der Waals surface area contributed by atoms with Crippen LogP contribution in [0.4, 0.5) is 4.79 Å². The lowest BCUT2D eigenvalue weighted by Gasteiger charge is -2.39. The van der Waals surface area contributed by atoms with Gasteiger partial charge in [-0.2, -0.15) is 0 Å². The molecule has 1 aliphatic carbocycles. The maximum atomic E-state index is 12.4. The monoisotopic (exact) mass is 431 g/mol. The summed E-state index contributed by atoms with van der Waals surface area (Å²) in [5.74, 6) is 0. The van der Waals surface area contributed by atoms with E-state index in [1.165, 1.54) is 13.5 Å².